The molecule has 4 rings (SSSR count). The van der Waals surface area contributed by atoms with Gasteiger partial charge in [0.2, 0.25) is 17.7 Å². The molecule has 2 aromatic carbocycles. The largest absolute Gasteiger partial charge is 0.368 e. The van der Waals surface area contributed by atoms with Crippen LogP contribution in [0.1, 0.15) is 87.6 Å². The third kappa shape index (κ3) is 16.4. The highest BCUT2D eigenvalue weighted by atomic mass is 32.2. The number of thioether (sulfide) groups is 2. The van der Waals surface area contributed by atoms with E-state index in [-0.39, 0.29) is 59.6 Å². The number of amides is 5. The average Bonchev–Trinajstić information content (AvgIpc) is 3.77. The average molecular weight is 853 g/mol. The molecule has 3 unspecified atom stereocenters. The maximum Gasteiger partial charge on any atom is 0.315 e. The number of benzene rings is 2. The highest BCUT2D eigenvalue weighted by molar-refractivity contribution is 8.00. The van der Waals surface area contributed by atoms with Crippen molar-refractivity contribution in [2.24, 2.45) is 22.9 Å². The van der Waals surface area contributed by atoms with Gasteiger partial charge in [0, 0.05) is 70.7 Å². The number of hydrogen-bond donors (Lipinski definition) is 7. The lowest BCUT2D eigenvalue weighted by molar-refractivity contribution is -0.140. The van der Waals surface area contributed by atoms with Crippen molar-refractivity contribution in [1.82, 2.24) is 26.6 Å². The summed E-state index contributed by atoms with van der Waals surface area (Å²) in [4.78, 5) is 67.0. The molecule has 0 spiro atoms. The number of rotatable bonds is 27. The predicted molar refractivity (Wildman–Crippen MR) is 232 cm³/mol. The van der Waals surface area contributed by atoms with Crippen molar-refractivity contribution in [3.8, 4) is 0 Å². The molecule has 15 nitrogen and oxygen atoms in total. The molecule has 7 N–H and O–H groups in total. The summed E-state index contributed by atoms with van der Waals surface area (Å²) < 4.78 is 0. The minimum absolute atomic E-state index is 0.0270. The maximum absolute atomic E-state index is 14.0. The minimum atomic E-state index is -1.83. The molecule has 0 bridgehead atoms. The number of hydrogen-bond acceptors (Lipinski definition) is 10. The molecule has 0 aliphatic carbocycles. The van der Waals surface area contributed by atoms with E-state index in [2.05, 4.69) is 36.6 Å². The second-order valence-corrected chi connectivity index (χ2v) is 18.0. The Morgan fingerprint density at radius 3 is 2.32 bits per heavy atom. The smallest absolute Gasteiger partial charge is 0.315 e. The molecule has 0 radical (unpaired) electrons. The zero-order chi connectivity index (χ0) is 42.6. The van der Waals surface area contributed by atoms with Crippen molar-refractivity contribution >= 4 is 58.7 Å². The van der Waals surface area contributed by atoms with Gasteiger partial charge in [-0.05, 0) is 49.1 Å². The van der Waals surface area contributed by atoms with Crippen LogP contribution in [-0.2, 0) is 20.8 Å². The second kappa shape index (κ2) is 25.4. The fraction of sp³-hybridized carbons (Fsp3) is 0.595. The summed E-state index contributed by atoms with van der Waals surface area (Å²) in [5, 5.41) is 39.7. The molecular formula is C42H60N8O7S2. The van der Waals surface area contributed by atoms with Gasteiger partial charge in [0.1, 0.15) is 6.04 Å². The number of Topliss-reactive ketones (excluding diaryl/α,β-unsaturated/α-hetero) is 1. The van der Waals surface area contributed by atoms with E-state index < -0.39 is 30.1 Å². The number of aliphatic hydroxyl groups is 2. The van der Waals surface area contributed by atoms with Crippen molar-refractivity contribution < 1.29 is 34.2 Å². The molecule has 322 valence electrons. The van der Waals surface area contributed by atoms with Gasteiger partial charge >= 0.3 is 6.03 Å². The van der Waals surface area contributed by atoms with E-state index in [4.69, 9.17) is 5.53 Å². The molecule has 2 fully saturated rings. The van der Waals surface area contributed by atoms with Crippen molar-refractivity contribution in [2.75, 3.05) is 30.3 Å². The molecule has 2 saturated heterocycles. The first kappa shape index (κ1) is 47.4. The van der Waals surface area contributed by atoms with Gasteiger partial charge in [0.05, 0.1) is 17.8 Å². The van der Waals surface area contributed by atoms with E-state index in [0.717, 1.165) is 56.3 Å². The Bertz CT molecular complexity index is 1710. The molecule has 0 aromatic heterocycles. The predicted octanol–water partition coefficient (Wildman–Crippen LogP) is 5.38. The van der Waals surface area contributed by atoms with Crippen LogP contribution >= 0.6 is 23.5 Å². The van der Waals surface area contributed by atoms with Gasteiger partial charge in [-0.25, -0.2) is 4.79 Å². The number of carbonyl (C=O) groups excluding carboxylic acids is 5. The van der Waals surface area contributed by atoms with E-state index in [0.29, 0.717) is 42.4 Å². The summed E-state index contributed by atoms with van der Waals surface area (Å²) in [6, 6.07) is 15.0. The first-order valence-electron chi connectivity index (χ1n) is 20.6. The summed E-state index contributed by atoms with van der Waals surface area (Å²) in [5.41, 5.74) is 10.3. The van der Waals surface area contributed by atoms with E-state index in [1.54, 1.807) is 24.3 Å². The normalized spacial score (nSPS) is 18.5. The lowest BCUT2D eigenvalue weighted by atomic mass is 9.84. The number of carbonyl (C=O) groups is 5. The van der Waals surface area contributed by atoms with E-state index in [1.807, 2.05) is 55.9 Å². The SMILES string of the molecule is CC(C)C[C@@H](C(=O)N[C@@H](Cc1ccccc1)C(=O)NCCCCCCNC(=O)CCCCC1SCC2NC(=O)NC21)[C@H](CSCC(=O)c1ccc(N=[N+]=[N-])cc1)C(O)O. The lowest BCUT2D eigenvalue weighted by Crippen LogP contribution is -2.52. The maximum atomic E-state index is 14.0. The molecular weight excluding hydrogens is 793 g/mol. The van der Waals surface area contributed by atoms with Crippen molar-refractivity contribution in [1.29, 1.82) is 0 Å². The summed E-state index contributed by atoms with van der Waals surface area (Å²) in [7, 11) is 0. The number of nitrogens with zero attached hydrogens (tertiary/aromatic N) is 3. The summed E-state index contributed by atoms with van der Waals surface area (Å²) >= 11 is 3.08. The van der Waals surface area contributed by atoms with Gasteiger partial charge in [-0.3, -0.25) is 19.2 Å². The Hall–Kier alpha value is -4.28. The Morgan fingerprint density at radius 1 is 0.932 bits per heavy atom. The van der Waals surface area contributed by atoms with Crippen LogP contribution in [0, 0.1) is 17.8 Å². The summed E-state index contributed by atoms with van der Waals surface area (Å²) in [6.07, 6.45) is 5.27. The van der Waals surface area contributed by atoms with Gasteiger partial charge in [0.25, 0.3) is 0 Å². The van der Waals surface area contributed by atoms with E-state index in [9.17, 15) is 34.2 Å². The van der Waals surface area contributed by atoms with Crippen molar-refractivity contribution in [3.63, 3.8) is 0 Å². The van der Waals surface area contributed by atoms with Crippen LogP contribution in [0.25, 0.3) is 10.4 Å². The Morgan fingerprint density at radius 2 is 1.64 bits per heavy atom. The summed E-state index contributed by atoms with van der Waals surface area (Å²) in [5.74, 6) is -1.57. The van der Waals surface area contributed by atoms with Crippen LogP contribution in [0.2, 0.25) is 0 Å². The number of ketones is 1. The molecule has 59 heavy (non-hydrogen) atoms. The fourth-order valence-electron chi connectivity index (χ4n) is 7.40. The number of fused-ring (bicyclic) bond motifs is 1. The van der Waals surface area contributed by atoms with Crippen LogP contribution in [0.5, 0.6) is 0 Å². The van der Waals surface area contributed by atoms with Crippen molar-refractivity contribution in [3.05, 3.63) is 76.2 Å². The second-order valence-electron chi connectivity index (χ2n) is 15.7. The molecule has 2 aliphatic rings. The topological polar surface area (TPSA) is 235 Å². The first-order valence-corrected chi connectivity index (χ1v) is 22.8. The number of nitrogens with one attached hydrogen (secondary N) is 5. The van der Waals surface area contributed by atoms with Gasteiger partial charge in [-0.2, -0.15) is 23.5 Å². The van der Waals surface area contributed by atoms with Gasteiger partial charge in [0.15, 0.2) is 12.1 Å². The Kier molecular flexibility index (Phi) is 20.4. The van der Waals surface area contributed by atoms with Gasteiger partial charge in [-0.15, -0.1) is 0 Å². The van der Waals surface area contributed by atoms with Crippen LogP contribution < -0.4 is 26.6 Å². The highest BCUT2D eigenvalue weighted by Crippen LogP contribution is 2.33. The molecule has 2 aromatic rings. The zero-order valence-electron chi connectivity index (χ0n) is 34.0. The van der Waals surface area contributed by atoms with Gasteiger partial charge in [-0.1, -0.05) is 92.8 Å². The number of azide groups is 1. The number of aliphatic hydroxyl groups excluding tert-OH is 1. The Balaban J connectivity index is 1.19. The summed E-state index contributed by atoms with van der Waals surface area (Å²) in [6.45, 7) is 4.88. The lowest BCUT2D eigenvalue weighted by Gasteiger charge is -2.30. The molecule has 5 amide bonds. The first-order chi connectivity index (χ1) is 28.4. The zero-order valence-corrected chi connectivity index (χ0v) is 35.6. The highest BCUT2D eigenvalue weighted by Gasteiger charge is 2.42. The third-order valence-corrected chi connectivity index (χ3v) is 13.2. The minimum Gasteiger partial charge on any atom is -0.368 e. The molecule has 6 atom stereocenters. The van der Waals surface area contributed by atoms with Gasteiger partial charge < -0.3 is 36.8 Å². The molecule has 17 heteroatoms. The Labute approximate surface area is 355 Å². The monoisotopic (exact) mass is 852 g/mol. The number of urea groups is 1. The number of unbranched alkanes of at least 4 members (excludes halogenated alkanes) is 4. The van der Waals surface area contributed by atoms with Crippen molar-refractivity contribution in [2.45, 2.75) is 108 Å². The molecule has 0 saturated carbocycles. The van der Waals surface area contributed by atoms with E-state index >= 15 is 0 Å². The standard InChI is InChI=1S/C42H60N8O7S2/c1-27(2)22-31(32(41(55)56)24-58-26-35(51)29-16-18-30(19-17-29)49-50-43)39(53)46-33(23-28-12-6-5-7-13-28)40(54)45-21-11-4-3-10-20-44-37(52)15-9-8-14-36-38-34(25-59-36)47-42(57)48-38/h5-7,12-13,16-19,27,31-34,36,38,41,55-56H,3-4,8-11,14-15,20-26H2,1-2H3,(H,44,52)(H,45,54)(H,46,53)(H2,47,48,57)/t31-,32+,33+,34?,36?,38?/m1/s1. The molecule has 2 heterocycles. The van der Waals surface area contributed by atoms with Crippen LogP contribution in [0.15, 0.2) is 59.7 Å². The molecule has 2 aliphatic heterocycles. The third-order valence-electron chi connectivity index (χ3n) is 10.6. The quantitative estimate of drug-likeness (QED) is 0.0116. The van der Waals surface area contributed by atoms with Crippen LogP contribution in [0.4, 0.5) is 10.5 Å². The van der Waals surface area contributed by atoms with E-state index in [1.165, 1.54) is 11.8 Å². The van der Waals surface area contributed by atoms with Crippen LogP contribution in [-0.4, -0.2) is 99.8 Å². The van der Waals surface area contributed by atoms with Crippen LogP contribution in [0.3, 0.4) is 0 Å². The fourth-order valence-corrected chi connectivity index (χ4v) is 10.1.